The van der Waals surface area contributed by atoms with Crippen LogP contribution in [0.25, 0.3) is 22.0 Å². The van der Waals surface area contributed by atoms with Gasteiger partial charge in [0.05, 0.1) is 35.0 Å². The Labute approximate surface area is 289 Å². The zero-order valence-corrected chi connectivity index (χ0v) is 29.2. The number of aliphatic hydroxyl groups is 1. The molecule has 1 amide bonds. The molecule has 2 aromatic heterocycles. The van der Waals surface area contributed by atoms with Gasteiger partial charge in [-0.1, -0.05) is 29.3 Å². The van der Waals surface area contributed by atoms with E-state index in [1.807, 2.05) is 63.7 Å². The lowest BCUT2D eigenvalue weighted by molar-refractivity contribution is 0.0696. The van der Waals surface area contributed by atoms with E-state index in [9.17, 15) is 19.8 Å². The van der Waals surface area contributed by atoms with Crippen LogP contribution >= 0.6 is 23.2 Å². The number of ether oxygens (including phenoxy) is 1. The Morgan fingerprint density at radius 2 is 1.73 bits per heavy atom. The van der Waals surface area contributed by atoms with Gasteiger partial charge < -0.3 is 24.4 Å². The molecular weight excluding hydrogens is 651 g/mol. The highest BCUT2D eigenvalue weighted by Gasteiger charge is 2.33. The fourth-order valence-corrected chi connectivity index (χ4v) is 7.28. The van der Waals surface area contributed by atoms with E-state index in [0.717, 1.165) is 60.9 Å². The van der Waals surface area contributed by atoms with Crippen LogP contribution in [0.1, 0.15) is 67.3 Å². The van der Waals surface area contributed by atoms with Gasteiger partial charge in [-0.25, -0.2) is 4.79 Å². The van der Waals surface area contributed by atoms with Crippen LogP contribution in [-0.4, -0.2) is 49.6 Å². The molecule has 3 heterocycles. The Kier molecular flexibility index (Phi) is 9.31. The van der Waals surface area contributed by atoms with E-state index in [1.165, 1.54) is 12.1 Å². The van der Waals surface area contributed by atoms with Crippen LogP contribution in [0.3, 0.4) is 0 Å². The summed E-state index contributed by atoms with van der Waals surface area (Å²) in [4.78, 5) is 28.3. The highest BCUT2D eigenvalue weighted by molar-refractivity contribution is 6.35. The molecule has 6 rings (SSSR count). The van der Waals surface area contributed by atoms with Crippen molar-refractivity contribution in [1.29, 1.82) is 0 Å². The lowest BCUT2D eigenvalue weighted by atomic mass is 9.98. The molecular formula is C37H38Cl2N4O5. The molecule has 0 bridgehead atoms. The minimum Gasteiger partial charge on any atom is -0.494 e. The molecule has 0 unspecified atom stereocenters. The number of anilines is 1. The van der Waals surface area contributed by atoms with Gasteiger partial charge in [0.15, 0.2) is 0 Å². The zero-order valence-electron chi connectivity index (χ0n) is 27.7. The largest absolute Gasteiger partial charge is 0.494 e. The summed E-state index contributed by atoms with van der Waals surface area (Å²) < 4.78 is 10.1. The fraction of sp³-hybridized carbons (Fsp3) is 0.324. The van der Waals surface area contributed by atoms with Gasteiger partial charge in [-0.2, -0.15) is 5.10 Å². The first-order valence-corrected chi connectivity index (χ1v) is 16.7. The molecule has 11 heteroatoms. The smallest absolute Gasteiger partial charge is 0.335 e. The van der Waals surface area contributed by atoms with Crippen LogP contribution in [0.2, 0.25) is 10.0 Å². The van der Waals surface area contributed by atoms with Crippen molar-refractivity contribution >= 4 is 51.7 Å². The Morgan fingerprint density at radius 3 is 2.38 bits per heavy atom. The number of aryl methyl sites for hydroxylation is 6. The van der Waals surface area contributed by atoms with Crippen molar-refractivity contribution < 1.29 is 24.5 Å². The molecule has 0 spiro atoms. The quantitative estimate of drug-likeness (QED) is 0.153. The van der Waals surface area contributed by atoms with Crippen molar-refractivity contribution in [2.45, 2.75) is 60.1 Å². The third kappa shape index (κ3) is 5.95. The molecule has 1 aliphatic rings. The highest BCUT2D eigenvalue weighted by Crippen LogP contribution is 2.43. The highest BCUT2D eigenvalue weighted by atomic mass is 35.5. The van der Waals surface area contributed by atoms with Gasteiger partial charge >= 0.3 is 5.97 Å². The Balaban J connectivity index is 1.48. The normalized spacial score (nSPS) is 13.2. The monoisotopic (exact) mass is 688 g/mol. The number of rotatable bonds is 9. The van der Waals surface area contributed by atoms with Gasteiger partial charge in [0.1, 0.15) is 11.4 Å². The van der Waals surface area contributed by atoms with E-state index in [-0.39, 0.29) is 18.1 Å². The number of aliphatic hydroxyl groups excluding tert-OH is 1. The Hall–Kier alpha value is -4.31. The van der Waals surface area contributed by atoms with E-state index in [1.54, 1.807) is 11.0 Å². The van der Waals surface area contributed by atoms with Crippen LogP contribution in [0.15, 0.2) is 42.5 Å². The Bertz CT molecular complexity index is 2070. The van der Waals surface area contributed by atoms with Crippen LogP contribution in [0.4, 0.5) is 5.69 Å². The SMILES string of the molecule is Cc1cc(OCCCc2c3n(c4c(-c5c(C)nn(C)c5C)c(Cl)ccc24)CCCN(c2cc(CO)cc(C(=O)O)c2)C3=O)cc(C)c1Cl. The summed E-state index contributed by atoms with van der Waals surface area (Å²) in [6.07, 6.45) is 1.79. The lowest BCUT2D eigenvalue weighted by Gasteiger charge is -2.22. The fourth-order valence-electron chi connectivity index (χ4n) is 6.92. The number of halogens is 2. The number of carboxylic acids is 1. The molecule has 2 N–H and O–H groups in total. The number of aromatic carboxylic acids is 1. The van der Waals surface area contributed by atoms with E-state index in [0.29, 0.717) is 60.9 Å². The molecule has 0 radical (unpaired) electrons. The number of carbonyl (C=O) groups excluding carboxylic acids is 1. The van der Waals surface area contributed by atoms with Crippen LogP contribution in [-0.2, 0) is 26.6 Å². The van der Waals surface area contributed by atoms with E-state index in [4.69, 9.17) is 27.9 Å². The predicted octanol–water partition coefficient (Wildman–Crippen LogP) is 7.83. The number of hydrogen-bond donors (Lipinski definition) is 2. The van der Waals surface area contributed by atoms with E-state index >= 15 is 0 Å². The molecule has 0 saturated heterocycles. The zero-order chi connectivity index (χ0) is 34.4. The summed E-state index contributed by atoms with van der Waals surface area (Å²) in [5, 5.41) is 26.6. The first kappa shape index (κ1) is 33.6. The number of nitrogens with zero attached hydrogens (tertiary/aromatic N) is 4. The number of amides is 1. The summed E-state index contributed by atoms with van der Waals surface area (Å²) in [5.74, 6) is -0.625. The first-order valence-electron chi connectivity index (χ1n) is 15.9. The van der Waals surface area contributed by atoms with Crippen molar-refractivity contribution in [3.05, 3.63) is 97.4 Å². The van der Waals surface area contributed by atoms with Crippen LogP contribution in [0, 0.1) is 27.7 Å². The second-order valence-electron chi connectivity index (χ2n) is 12.5. The van der Waals surface area contributed by atoms with Crippen molar-refractivity contribution in [3.63, 3.8) is 0 Å². The molecule has 0 fully saturated rings. The van der Waals surface area contributed by atoms with Gasteiger partial charge in [-0.15, -0.1) is 0 Å². The Morgan fingerprint density at radius 1 is 1.00 bits per heavy atom. The van der Waals surface area contributed by atoms with Gasteiger partial charge in [0.2, 0.25) is 0 Å². The number of fused-ring (bicyclic) bond motifs is 3. The molecule has 5 aromatic rings. The van der Waals surface area contributed by atoms with Gasteiger partial charge in [-0.3, -0.25) is 9.48 Å². The van der Waals surface area contributed by atoms with Crippen molar-refractivity contribution in [2.75, 3.05) is 18.1 Å². The molecule has 250 valence electrons. The maximum Gasteiger partial charge on any atom is 0.335 e. The summed E-state index contributed by atoms with van der Waals surface area (Å²) in [6, 6.07) is 12.3. The lowest BCUT2D eigenvalue weighted by Crippen LogP contribution is -2.32. The summed E-state index contributed by atoms with van der Waals surface area (Å²) in [5.41, 5.74) is 8.63. The van der Waals surface area contributed by atoms with Crippen LogP contribution < -0.4 is 9.64 Å². The standard InChI is InChI=1S/C37H38Cl2N4O5/c1-20-14-27(15-21(2)33(20)39)48-13-6-8-28-29-9-10-30(38)32(31-22(3)40-41(5)23(31)4)34(29)43-12-7-11-42(36(45)35(28)43)26-17-24(19-44)16-25(18-26)37(46)47/h9-10,14-18,44H,6-8,11-13,19H2,1-5H3,(H,46,47). The number of carboxylic acid groups (broad SMARTS) is 1. The molecule has 1 aliphatic heterocycles. The molecule has 3 aromatic carbocycles. The van der Waals surface area contributed by atoms with Crippen molar-refractivity contribution in [3.8, 4) is 16.9 Å². The second-order valence-corrected chi connectivity index (χ2v) is 13.2. The topological polar surface area (TPSA) is 110 Å². The molecule has 0 atom stereocenters. The van der Waals surface area contributed by atoms with E-state index in [2.05, 4.69) is 9.67 Å². The van der Waals surface area contributed by atoms with Crippen molar-refractivity contribution in [2.24, 2.45) is 7.05 Å². The number of carbonyl (C=O) groups is 2. The predicted molar refractivity (Wildman–Crippen MR) is 189 cm³/mol. The second kappa shape index (κ2) is 13.3. The maximum absolute atomic E-state index is 14.7. The summed E-state index contributed by atoms with van der Waals surface area (Å²) in [6.45, 7) is 8.87. The van der Waals surface area contributed by atoms with Crippen LogP contribution in [0.5, 0.6) is 5.75 Å². The molecule has 9 nitrogen and oxygen atoms in total. The first-order chi connectivity index (χ1) is 22.9. The molecule has 0 aliphatic carbocycles. The number of benzene rings is 3. The maximum atomic E-state index is 14.7. The average Bonchev–Trinajstić information content (AvgIpc) is 3.42. The molecule has 48 heavy (non-hydrogen) atoms. The minimum atomic E-state index is -1.13. The summed E-state index contributed by atoms with van der Waals surface area (Å²) >= 11 is 13.4. The van der Waals surface area contributed by atoms with E-state index < -0.39 is 5.97 Å². The van der Waals surface area contributed by atoms with Gasteiger partial charge in [-0.05, 0) is 106 Å². The van der Waals surface area contributed by atoms with Gasteiger partial charge in [0.25, 0.3) is 5.91 Å². The number of hydrogen-bond acceptors (Lipinski definition) is 5. The third-order valence-corrected chi connectivity index (χ3v) is 10.1. The minimum absolute atomic E-state index is 0.00998. The average molecular weight is 690 g/mol. The third-order valence-electron chi connectivity index (χ3n) is 9.22. The van der Waals surface area contributed by atoms with Crippen molar-refractivity contribution in [1.82, 2.24) is 14.3 Å². The summed E-state index contributed by atoms with van der Waals surface area (Å²) in [7, 11) is 1.90. The van der Waals surface area contributed by atoms with Gasteiger partial charge in [0, 0.05) is 53.1 Å². The number of aromatic nitrogens is 3. The molecule has 0 saturated carbocycles.